The zero-order valence-electron chi connectivity index (χ0n) is 7.87. The molecule has 0 aliphatic heterocycles. The second-order valence-corrected chi connectivity index (χ2v) is 3.11. The van der Waals surface area contributed by atoms with Gasteiger partial charge >= 0.3 is 6.18 Å². The third-order valence-corrected chi connectivity index (χ3v) is 2.07. The number of hydrogen-bond donors (Lipinski definition) is 0. The first-order chi connectivity index (χ1) is 7.48. The second kappa shape index (κ2) is 3.62. The fourth-order valence-electron chi connectivity index (χ4n) is 1.29. The van der Waals surface area contributed by atoms with Gasteiger partial charge in [-0.1, -0.05) is 0 Å². The van der Waals surface area contributed by atoms with Crippen molar-refractivity contribution >= 4 is 0 Å². The molecule has 0 aliphatic carbocycles. The van der Waals surface area contributed by atoms with Crippen LogP contribution in [0.3, 0.4) is 0 Å². The SMILES string of the molecule is Fc1nccn1-c1ccc(C(F)(F)F)cc1. The van der Waals surface area contributed by atoms with Gasteiger partial charge in [0.15, 0.2) is 0 Å². The van der Waals surface area contributed by atoms with Crippen LogP contribution in [0.5, 0.6) is 0 Å². The topological polar surface area (TPSA) is 17.8 Å². The molecule has 2 rings (SSSR count). The summed E-state index contributed by atoms with van der Waals surface area (Å²) in [7, 11) is 0. The van der Waals surface area contributed by atoms with Gasteiger partial charge in [0, 0.05) is 18.1 Å². The summed E-state index contributed by atoms with van der Waals surface area (Å²) >= 11 is 0. The molecular formula is C10H6F4N2. The van der Waals surface area contributed by atoms with E-state index in [9.17, 15) is 17.6 Å². The molecule has 2 aromatic rings. The molecule has 0 saturated heterocycles. The Morgan fingerprint density at radius 2 is 1.69 bits per heavy atom. The molecule has 0 fully saturated rings. The predicted octanol–water partition coefficient (Wildman–Crippen LogP) is 3.03. The molecule has 0 saturated carbocycles. The number of hydrogen-bond acceptors (Lipinski definition) is 1. The van der Waals surface area contributed by atoms with Crippen LogP contribution in [-0.2, 0) is 6.18 Å². The van der Waals surface area contributed by atoms with E-state index in [0.29, 0.717) is 5.69 Å². The maximum atomic E-state index is 13.0. The molecule has 0 amide bonds. The van der Waals surface area contributed by atoms with E-state index in [1.165, 1.54) is 24.5 Å². The molecule has 1 heterocycles. The highest BCUT2D eigenvalue weighted by Gasteiger charge is 2.30. The van der Waals surface area contributed by atoms with E-state index >= 15 is 0 Å². The number of halogens is 4. The van der Waals surface area contributed by atoms with Crippen molar-refractivity contribution in [2.24, 2.45) is 0 Å². The standard InChI is InChI=1S/C10H6F4N2/c11-9-15-5-6-16(9)8-3-1-7(2-4-8)10(12,13)14/h1-6H. The number of imidazole rings is 1. The van der Waals surface area contributed by atoms with Crippen molar-refractivity contribution in [1.82, 2.24) is 9.55 Å². The largest absolute Gasteiger partial charge is 0.416 e. The van der Waals surface area contributed by atoms with Crippen LogP contribution >= 0.6 is 0 Å². The van der Waals surface area contributed by atoms with Crippen molar-refractivity contribution in [3.63, 3.8) is 0 Å². The lowest BCUT2D eigenvalue weighted by molar-refractivity contribution is -0.137. The summed E-state index contributed by atoms with van der Waals surface area (Å²) in [6, 6.07) is 4.17. The van der Waals surface area contributed by atoms with Gasteiger partial charge in [-0.05, 0) is 24.3 Å². The van der Waals surface area contributed by atoms with Gasteiger partial charge in [0.1, 0.15) is 0 Å². The predicted molar refractivity (Wildman–Crippen MR) is 48.5 cm³/mol. The van der Waals surface area contributed by atoms with E-state index < -0.39 is 17.8 Å². The molecule has 0 unspecified atom stereocenters. The highest BCUT2D eigenvalue weighted by molar-refractivity contribution is 5.35. The summed E-state index contributed by atoms with van der Waals surface area (Å²) in [5.41, 5.74) is -0.472. The first-order valence-electron chi connectivity index (χ1n) is 4.35. The Hall–Kier alpha value is -1.85. The van der Waals surface area contributed by atoms with Gasteiger partial charge in [0.2, 0.25) is 0 Å². The van der Waals surface area contributed by atoms with Gasteiger partial charge in [-0.3, -0.25) is 4.57 Å². The summed E-state index contributed by atoms with van der Waals surface area (Å²) in [5.74, 6) is 0. The fraction of sp³-hybridized carbons (Fsp3) is 0.100. The van der Waals surface area contributed by atoms with Gasteiger partial charge in [-0.15, -0.1) is 0 Å². The van der Waals surface area contributed by atoms with E-state index in [0.717, 1.165) is 16.7 Å². The molecule has 84 valence electrons. The number of benzene rings is 1. The van der Waals surface area contributed by atoms with Gasteiger partial charge in [-0.25, -0.2) is 4.98 Å². The van der Waals surface area contributed by atoms with Gasteiger partial charge in [-0.2, -0.15) is 17.6 Å². The highest BCUT2D eigenvalue weighted by Crippen LogP contribution is 2.29. The molecule has 0 aliphatic rings. The molecular weight excluding hydrogens is 224 g/mol. The molecule has 0 N–H and O–H groups in total. The molecule has 0 radical (unpaired) electrons. The van der Waals surface area contributed by atoms with E-state index in [4.69, 9.17) is 0 Å². The third kappa shape index (κ3) is 1.91. The summed E-state index contributed by atoms with van der Waals surface area (Å²) in [6.45, 7) is 0. The third-order valence-electron chi connectivity index (χ3n) is 2.07. The van der Waals surface area contributed by atoms with Crippen LogP contribution in [0.15, 0.2) is 36.7 Å². The van der Waals surface area contributed by atoms with Crippen LogP contribution in [0.1, 0.15) is 5.56 Å². The highest BCUT2D eigenvalue weighted by atomic mass is 19.4. The quantitative estimate of drug-likeness (QED) is 0.688. The summed E-state index contributed by atoms with van der Waals surface area (Å²) in [5, 5.41) is 0. The minimum absolute atomic E-state index is 0.294. The molecule has 1 aromatic carbocycles. The zero-order valence-corrected chi connectivity index (χ0v) is 7.87. The molecule has 16 heavy (non-hydrogen) atoms. The van der Waals surface area contributed by atoms with Crippen molar-refractivity contribution in [1.29, 1.82) is 0 Å². The molecule has 2 nitrogen and oxygen atoms in total. The lowest BCUT2D eigenvalue weighted by Crippen LogP contribution is -2.05. The maximum absolute atomic E-state index is 13.0. The monoisotopic (exact) mass is 230 g/mol. The van der Waals surface area contributed by atoms with Crippen LogP contribution in [0.25, 0.3) is 5.69 Å². The summed E-state index contributed by atoms with van der Waals surface area (Å²) in [6.07, 6.45) is -2.59. The molecule has 0 spiro atoms. The Balaban J connectivity index is 2.37. The number of alkyl halides is 3. The van der Waals surface area contributed by atoms with Crippen LogP contribution in [0.4, 0.5) is 17.6 Å². The molecule has 0 atom stereocenters. The smallest absolute Gasteiger partial charge is 0.276 e. The Morgan fingerprint density at radius 1 is 1.06 bits per heavy atom. The van der Waals surface area contributed by atoms with Gasteiger partial charge in [0.25, 0.3) is 6.08 Å². The molecule has 0 bridgehead atoms. The van der Waals surface area contributed by atoms with Gasteiger partial charge < -0.3 is 0 Å². The van der Waals surface area contributed by atoms with Crippen LogP contribution < -0.4 is 0 Å². The van der Waals surface area contributed by atoms with Crippen LogP contribution in [-0.4, -0.2) is 9.55 Å². The van der Waals surface area contributed by atoms with E-state index in [2.05, 4.69) is 4.98 Å². The van der Waals surface area contributed by atoms with Crippen molar-refractivity contribution in [2.75, 3.05) is 0 Å². The van der Waals surface area contributed by atoms with E-state index in [-0.39, 0.29) is 0 Å². The lowest BCUT2D eigenvalue weighted by atomic mass is 10.2. The van der Waals surface area contributed by atoms with Gasteiger partial charge in [0.05, 0.1) is 5.56 Å². The van der Waals surface area contributed by atoms with Crippen LogP contribution in [0, 0.1) is 6.08 Å². The van der Waals surface area contributed by atoms with E-state index in [1.807, 2.05) is 0 Å². The van der Waals surface area contributed by atoms with Crippen molar-refractivity contribution in [2.45, 2.75) is 6.18 Å². The molecule has 1 aromatic heterocycles. The number of aromatic nitrogens is 2. The minimum Gasteiger partial charge on any atom is -0.276 e. The lowest BCUT2D eigenvalue weighted by Gasteiger charge is -2.08. The van der Waals surface area contributed by atoms with Crippen molar-refractivity contribution in [3.8, 4) is 5.69 Å². The molecule has 6 heteroatoms. The average molecular weight is 230 g/mol. The van der Waals surface area contributed by atoms with Crippen LogP contribution in [0.2, 0.25) is 0 Å². The summed E-state index contributed by atoms with van der Waals surface area (Å²) in [4.78, 5) is 3.34. The maximum Gasteiger partial charge on any atom is 0.416 e. The van der Waals surface area contributed by atoms with Crippen molar-refractivity contribution in [3.05, 3.63) is 48.3 Å². The Morgan fingerprint density at radius 3 is 2.12 bits per heavy atom. The summed E-state index contributed by atoms with van der Waals surface area (Å²) < 4.78 is 50.8. The number of nitrogens with zero attached hydrogens (tertiary/aromatic N) is 2. The fourth-order valence-corrected chi connectivity index (χ4v) is 1.29. The van der Waals surface area contributed by atoms with Crippen molar-refractivity contribution < 1.29 is 17.6 Å². The Labute approximate surface area is 88.2 Å². The normalized spacial score (nSPS) is 11.8. The number of rotatable bonds is 1. The first-order valence-corrected chi connectivity index (χ1v) is 4.35. The van der Waals surface area contributed by atoms with E-state index in [1.54, 1.807) is 0 Å². The Bertz CT molecular complexity index is 484. The first kappa shape index (κ1) is 10.7. The average Bonchev–Trinajstić information content (AvgIpc) is 2.63. The zero-order chi connectivity index (χ0) is 11.8. The Kier molecular flexibility index (Phi) is 2.41. The second-order valence-electron chi connectivity index (χ2n) is 3.11. The minimum atomic E-state index is -4.38.